The van der Waals surface area contributed by atoms with Crippen molar-refractivity contribution >= 4 is 17.7 Å². The van der Waals surface area contributed by atoms with E-state index < -0.39 is 0 Å². The molecule has 3 rings (SSSR count). The summed E-state index contributed by atoms with van der Waals surface area (Å²) in [5.41, 5.74) is 3.10. The van der Waals surface area contributed by atoms with Crippen molar-refractivity contribution in [2.45, 2.75) is 58.8 Å². The van der Waals surface area contributed by atoms with Crippen LogP contribution in [0.5, 0.6) is 0 Å². The monoisotopic (exact) mass is 386 g/mol. The highest BCUT2D eigenvalue weighted by Crippen LogP contribution is 2.29. The molecule has 1 aliphatic rings. The molecular weight excluding hydrogens is 356 g/mol. The topological polar surface area (TPSA) is 55.1 Å². The summed E-state index contributed by atoms with van der Waals surface area (Å²) in [6, 6.07) is 8.47. The van der Waals surface area contributed by atoms with E-state index in [1.807, 2.05) is 19.1 Å². The van der Waals surface area contributed by atoms with Crippen molar-refractivity contribution in [1.29, 1.82) is 0 Å². The van der Waals surface area contributed by atoms with Crippen LogP contribution >= 0.6 is 11.8 Å². The molecule has 3 atom stereocenters. The van der Waals surface area contributed by atoms with Crippen molar-refractivity contribution in [2.24, 2.45) is 11.8 Å². The molecule has 0 spiro atoms. The first-order chi connectivity index (χ1) is 12.9. The number of hydrogen-bond donors (Lipinski definition) is 1. The van der Waals surface area contributed by atoms with Gasteiger partial charge in [-0.25, -0.2) is 4.98 Å². The molecule has 1 heterocycles. The summed E-state index contributed by atoms with van der Waals surface area (Å²) >= 11 is 1.60. The van der Waals surface area contributed by atoms with Crippen LogP contribution < -0.4 is 5.32 Å². The highest BCUT2D eigenvalue weighted by molar-refractivity contribution is 7.99. The van der Waals surface area contributed by atoms with Crippen LogP contribution in [0, 0.1) is 25.7 Å². The summed E-state index contributed by atoms with van der Waals surface area (Å²) in [5.74, 6) is 4.01. The highest BCUT2D eigenvalue weighted by Gasteiger charge is 2.28. The summed E-state index contributed by atoms with van der Waals surface area (Å²) < 4.78 is 5.84. The molecule has 1 amide bonds. The van der Waals surface area contributed by atoms with Gasteiger partial charge >= 0.3 is 0 Å². The molecule has 1 aliphatic carbocycles. The van der Waals surface area contributed by atoms with Crippen molar-refractivity contribution in [3.63, 3.8) is 0 Å². The van der Waals surface area contributed by atoms with Gasteiger partial charge < -0.3 is 9.73 Å². The number of benzene rings is 1. The van der Waals surface area contributed by atoms with E-state index in [1.54, 1.807) is 11.8 Å². The van der Waals surface area contributed by atoms with Crippen LogP contribution in [0.2, 0.25) is 0 Å². The maximum atomic E-state index is 12.3. The van der Waals surface area contributed by atoms with Crippen LogP contribution in [0.3, 0.4) is 0 Å². The Bertz CT molecular complexity index is 786. The SMILES string of the molecule is Cc1cccc(-c2nc(CSCC(=O)N[C@@H]3CCC[C@H](C)[C@H]3C)c(C)o2)c1. The lowest BCUT2D eigenvalue weighted by molar-refractivity contribution is -0.119. The number of carbonyl (C=O) groups is 1. The van der Waals surface area contributed by atoms with Crippen LogP contribution in [0.15, 0.2) is 28.7 Å². The van der Waals surface area contributed by atoms with E-state index in [9.17, 15) is 4.79 Å². The lowest BCUT2D eigenvalue weighted by Crippen LogP contribution is -2.44. The van der Waals surface area contributed by atoms with Crippen molar-refractivity contribution in [2.75, 3.05) is 5.75 Å². The fraction of sp³-hybridized carbons (Fsp3) is 0.545. The molecule has 1 fully saturated rings. The van der Waals surface area contributed by atoms with Gasteiger partial charge in [-0.3, -0.25) is 4.79 Å². The van der Waals surface area contributed by atoms with Gasteiger partial charge in [-0.1, -0.05) is 44.4 Å². The van der Waals surface area contributed by atoms with Gasteiger partial charge in [0.05, 0.1) is 11.4 Å². The van der Waals surface area contributed by atoms with Gasteiger partial charge in [0.2, 0.25) is 11.8 Å². The van der Waals surface area contributed by atoms with Gasteiger partial charge in [0.25, 0.3) is 0 Å². The summed E-state index contributed by atoms with van der Waals surface area (Å²) in [6.45, 7) is 8.54. The first kappa shape index (κ1) is 20.0. The Morgan fingerprint density at radius 1 is 1.30 bits per heavy atom. The average Bonchev–Trinajstić information content (AvgIpc) is 3.00. The Kier molecular flexibility index (Phi) is 6.64. The second kappa shape index (κ2) is 8.96. The van der Waals surface area contributed by atoms with Crippen LogP contribution in [-0.2, 0) is 10.5 Å². The predicted molar refractivity (Wildman–Crippen MR) is 112 cm³/mol. The number of thioether (sulfide) groups is 1. The molecular formula is C22H30N2O2S. The second-order valence-electron chi connectivity index (χ2n) is 7.83. The van der Waals surface area contributed by atoms with Crippen molar-refractivity contribution in [3.05, 3.63) is 41.3 Å². The van der Waals surface area contributed by atoms with Gasteiger partial charge in [0.15, 0.2) is 0 Å². The van der Waals surface area contributed by atoms with Crippen molar-refractivity contribution in [3.8, 4) is 11.5 Å². The number of nitrogens with one attached hydrogen (secondary N) is 1. The van der Waals surface area contributed by atoms with Gasteiger partial charge in [-0.2, -0.15) is 0 Å². The summed E-state index contributed by atoms with van der Waals surface area (Å²) in [7, 11) is 0. The Hall–Kier alpha value is -1.75. The highest BCUT2D eigenvalue weighted by atomic mass is 32.2. The number of rotatable bonds is 6. The van der Waals surface area contributed by atoms with E-state index in [0.717, 1.165) is 23.4 Å². The third kappa shape index (κ3) is 5.16. The largest absolute Gasteiger partial charge is 0.441 e. The Morgan fingerprint density at radius 2 is 2.11 bits per heavy atom. The third-order valence-corrected chi connectivity index (χ3v) is 6.63. The Labute approximate surface area is 166 Å². The van der Waals surface area contributed by atoms with Crippen LogP contribution in [0.4, 0.5) is 0 Å². The molecule has 146 valence electrons. The number of carbonyl (C=O) groups excluding carboxylic acids is 1. The minimum Gasteiger partial charge on any atom is -0.441 e. The van der Waals surface area contributed by atoms with Crippen LogP contribution in [0.25, 0.3) is 11.5 Å². The molecule has 5 heteroatoms. The van der Waals surface area contributed by atoms with E-state index in [0.29, 0.717) is 35.3 Å². The van der Waals surface area contributed by atoms with E-state index >= 15 is 0 Å². The lowest BCUT2D eigenvalue weighted by Gasteiger charge is -2.34. The number of hydrogen-bond acceptors (Lipinski definition) is 4. The summed E-state index contributed by atoms with van der Waals surface area (Å²) in [6.07, 6.45) is 3.59. The number of aryl methyl sites for hydroxylation is 2. The minimum absolute atomic E-state index is 0.131. The molecule has 27 heavy (non-hydrogen) atoms. The summed E-state index contributed by atoms with van der Waals surface area (Å²) in [4.78, 5) is 17.0. The molecule has 4 nitrogen and oxygen atoms in total. The Morgan fingerprint density at radius 3 is 2.89 bits per heavy atom. The molecule has 1 N–H and O–H groups in total. The first-order valence-electron chi connectivity index (χ1n) is 9.84. The van der Waals surface area contributed by atoms with E-state index in [-0.39, 0.29) is 5.91 Å². The molecule has 1 aromatic heterocycles. The molecule has 1 aromatic carbocycles. The standard InChI is InChI=1S/C22H30N2O2S/c1-14-7-5-9-18(11-14)22-24-20(17(4)26-22)12-27-13-21(25)23-19-10-6-8-15(2)16(19)3/h5,7,9,11,15-16,19H,6,8,10,12-13H2,1-4H3,(H,23,25)/t15-,16+,19+/m0/s1. The van der Waals surface area contributed by atoms with Crippen molar-refractivity contribution < 1.29 is 9.21 Å². The van der Waals surface area contributed by atoms with E-state index in [2.05, 4.69) is 43.2 Å². The molecule has 0 radical (unpaired) electrons. The molecule has 0 aliphatic heterocycles. The molecule has 0 unspecified atom stereocenters. The first-order valence-corrected chi connectivity index (χ1v) is 11.0. The zero-order valence-electron chi connectivity index (χ0n) is 16.7. The maximum absolute atomic E-state index is 12.3. The zero-order chi connectivity index (χ0) is 19.4. The average molecular weight is 387 g/mol. The fourth-order valence-corrected chi connectivity index (χ4v) is 4.57. The number of oxazole rings is 1. The van der Waals surface area contributed by atoms with Crippen LogP contribution in [0.1, 0.15) is 50.1 Å². The van der Waals surface area contributed by atoms with Crippen molar-refractivity contribution in [1.82, 2.24) is 10.3 Å². The molecule has 2 aromatic rings. The normalized spacial score (nSPS) is 22.6. The Balaban J connectivity index is 1.51. The fourth-order valence-electron chi connectivity index (χ4n) is 3.74. The maximum Gasteiger partial charge on any atom is 0.230 e. The molecule has 1 saturated carbocycles. The van der Waals surface area contributed by atoms with E-state index in [1.165, 1.54) is 18.4 Å². The van der Waals surface area contributed by atoms with Gasteiger partial charge in [-0.05, 0) is 44.2 Å². The molecule has 0 bridgehead atoms. The van der Waals surface area contributed by atoms with E-state index in [4.69, 9.17) is 4.42 Å². The summed E-state index contributed by atoms with van der Waals surface area (Å²) in [5, 5.41) is 3.23. The second-order valence-corrected chi connectivity index (χ2v) is 8.81. The zero-order valence-corrected chi connectivity index (χ0v) is 17.6. The minimum atomic E-state index is 0.131. The van der Waals surface area contributed by atoms with Gasteiger partial charge in [0, 0.05) is 17.4 Å². The molecule has 0 saturated heterocycles. The van der Waals surface area contributed by atoms with Gasteiger partial charge in [-0.15, -0.1) is 11.8 Å². The van der Waals surface area contributed by atoms with Crippen LogP contribution in [-0.4, -0.2) is 22.7 Å². The lowest BCUT2D eigenvalue weighted by atomic mass is 9.78. The number of nitrogens with zero attached hydrogens (tertiary/aromatic N) is 1. The third-order valence-electron chi connectivity index (χ3n) is 5.68. The smallest absolute Gasteiger partial charge is 0.230 e. The number of aromatic nitrogens is 1. The quantitative estimate of drug-likeness (QED) is 0.747. The number of amides is 1. The predicted octanol–water partition coefficient (Wildman–Crippen LogP) is 5.13. The van der Waals surface area contributed by atoms with Gasteiger partial charge in [0.1, 0.15) is 5.76 Å².